The summed E-state index contributed by atoms with van der Waals surface area (Å²) in [5.74, 6) is -1.01. The second kappa shape index (κ2) is 3.74. The van der Waals surface area contributed by atoms with Crippen molar-refractivity contribution in [1.29, 1.82) is 0 Å². The lowest BCUT2D eigenvalue weighted by Crippen LogP contribution is -2.29. The minimum atomic E-state index is -3.68. The van der Waals surface area contributed by atoms with E-state index in [4.69, 9.17) is 0 Å². The van der Waals surface area contributed by atoms with Gasteiger partial charge in [0.15, 0.2) is 0 Å². The fraction of sp³-hybridized carbons (Fsp3) is 0.833. The Morgan fingerprint density at radius 3 is 2.17 bits per heavy atom. The molecule has 0 heterocycles. The van der Waals surface area contributed by atoms with Gasteiger partial charge in [0.25, 0.3) is 0 Å². The van der Waals surface area contributed by atoms with E-state index in [-0.39, 0.29) is 5.75 Å². The van der Waals surface area contributed by atoms with Crippen LogP contribution in [0.4, 0.5) is 0 Å². The zero-order chi connectivity index (χ0) is 9.99. The van der Waals surface area contributed by atoms with Gasteiger partial charge in [-0.25, -0.2) is 4.79 Å². The minimum absolute atomic E-state index is 0.207. The molecule has 0 aromatic carbocycles. The SMILES string of the molecule is CCS(=O)(=O)OC(=O)C(C)(C)Br. The first kappa shape index (κ1) is 11.9. The van der Waals surface area contributed by atoms with Crippen LogP contribution in [-0.4, -0.2) is 24.5 Å². The van der Waals surface area contributed by atoms with Crippen LogP contribution >= 0.6 is 15.9 Å². The van der Waals surface area contributed by atoms with Gasteiger partial charge in [0.2, 0.25) is 0 Å². The standard InChI is InChI=1S/C6H11BrO4S/c1-4-12(9,10)11-5(8)6(2,3)7/h4H2,1-3H3. The quantitative estimate of drug-likeness (QED) is 0.561. The molecular formula is C6H11BrO4S. The van der Waals surface area contributed by atoms with Crippen molar-refractivity contribution in [2.24, 2.45) is 0 Å². The maximum Gasteiger partial charge on any atom is 0.338 e. The number of rotatable bonds is 3. The van der Waals surface area contributed by atoms with Gasteiger partial charge in [-0.05, 0) is 20.8 Å². The van der Waals surface area contributed by atoms with Crippen molar-refractivity contribution in [2.75, 3.05) is 5.75 Å². The monoisotopic (exact) mass is 258 g/mol. The first-order valence-corrected chi connectivity index (χ1v) is 5.71. The molecule has 6 heteroatoms. The van der Waals surface area contributed by atoms with Crippen LogP contribution in [0.25, 0.3) is 0 Å². The molecule has 0 bridgehead atoms. The Morgan fingerprint density at radius 1 is 1.50 bits per heavy atom. The molecule has 0 aliphatic heterocycles. The van der Waals surface area contributed by atoms with Gasteiger partial charge in [0, 0.05) is 0 Å². The lowest BCUT2D eigenvalue weighted by atomic mass is 10.2. The molecule has 0 aromatic rings. The van der Waals surface area contributed by atoms with Crippen LogP contribution in [0.2, 0.25) is 0 Å². The highest BCUT2D eigenvalue weighted by Crippen LogP contribution is 2.18. The summed E-state index contributed by atoms with van der Waals surface area (Å²) >= 11 is 2.99. The maximum atomic E-state index is 11.0. The molecule has 72 valence electrons. The molecule has 0 N–H and O–H groups in total. The fourth-order valence-corrected chi connectivity index (χ4v) is 1.02. The fourth-order valence-electron chi connectivity index (χ4n) is 0.273. The highest BCUT2D eigenvalue weighted by molar-refractivity contribution is 9.10. The first-order valence-electron chi connectivity index (χ1n) is 3.34. The van der Waals surface area contributed by atoms with Crippen molar-refractivity contribution >= 4 is 32.0 Å². The van der Waals surface area contributed by atoms with Crippen LogP contribution in [0, 0.1) is 0 Å². The van der Waals surface area contributed by atoms with E-state index in [1.165, 1.54) is 20.8 Å². The third-order valence-corrected chi connectivity index (χ3v) is 2.48. The molecule has 12 heavy (non-hydrogen) atoms. The molecule has 0 radical (unpaired) electrons. The summed E-state index contributed by atoms with van der Waals surface area (Å²) < 4.78 is 24.9. The molecule has 4 nitrogen and oxygen atoms in total. The summed E-state index contributed by atoms with van der Waals surface area (Å²) in [5, 5.41) is 0. The van der Waals surface area contributed by atoms with E-state index < -0.39 is 20.4 Å². The number of carbonyl (C=O) groups excluding carboxylic acids is 1. The molecule has 0 unspecified atom stereocenters. The zero-order valence-electron chi connectivity index (χ0n) is 7.13. The topological polar surface area (TPSA) is 60.4 Å². The van der Waals surface area contributed by atoms with E-state index in [9.17, 15) is 13.2 Å². The van der Waals surface area contributed by atoms with Gasteiger partial charge in [0.1, 0.15) is 4.32 Å². The Kier molecular flexibility index (Phi) is 3.71. The Labute approximate surface area is 80.5 Å². The Morgan fingerprint density at radius 2 is 1.92 bits per heavy atom. The Hall–Kier alpha value is -0.100. The second-order valence-corrected chi connectivity index (χ2v) is 6.53. The van der Waals surface area contributed by atoms with Gasteiger partial charge >= 0.3 is 16.1 Å². The molecule has 0 saturated heterocycles. The highest BCUT2D eigenvalue weighted by atomic mass is 79.9. The summed E-state index contributed by atoms with van der Waals surface area (Å²) in [7, 11) is -3.68. The van der Waals surface area contributed by atoms with Gasteiger partial charge in [-0.15, -0.1) is 0 Å². The maximum absolute atomic E-state index is 11.0. The van der Waals surface area contributed by atoms with E-state index in [0.717, 1.165) is 0 Å². The van der Waals surface area contributed by atoms with Gasteiger partial charge < -0.3 is 4.18 Å². The predicted molar refractivity (Wildman–Crippen MR) is 48.6 cm³/mol. The van der Waals surface area contributed by atoms with Crippen molar-refractivity contribution in [3.05, 3.63) is 0 Å². The van der Waals surface area contributed by atoms with Crippen molar-refractivity contribution in [2.45, 2.75) is 25.1 Å². The second-order valence-electron chi connectivity index (χ2n) is 2.69. The first-order chi connectivity index (χ1) is 5.19. The summed E-state index contributed by atoms with van der Waals surface area (Å²) in [4.78, 5) is 11.0. The van der Waals surface area contributed by atoms with Gasteiger partial charge in [-0.3, -0.25) is 0 Å². The number of hydrogen-bond donors (Lipinski definition) is 0. The molecular weight excluding hydrogens is 248 g/mol. The number of carbonyl (C=O) groups is 1. The van der Waals surface area contributed by atoms with E-state index in [1.807, 2.05) is 0 Å². The normalized spacial score (nSPS) is 12.7. The molecule has 0 saturated carbocycles. The van der Waals surface area contributed by atoms with E-state index in [2.05, 4.69) is 20.1 Å². The number of alkyl halides is 1. The average Bonchev–Trinajstić information content (AvgIpc) is 1.85. The van der Waals surface area contributed by atoms with Gasteiger partial charge in [-0.1, -0.05) is 15.9 Å². The third-order valence-electron chi connectivity index (χ3n) is 1.04. The van der Waals surface area contributed by atoms with Crippen LogP contribution in [0.5, 0.6) is 0 Å². The molecule has 0 aromatic heterocycles. The van der Waals surface area contributed by atoms with Crippen LogP contribution < -0.4 is 0 Å². The smallest absolute Gasteiger partial charge is 0.338 e. The number of hydrogen-bond acceptors (Lipinski definition) is 4. The molecule has 0 rings (SSSR count). The van der Waals surface area contributed by atoms with Gasteiger partial charge in [-0.2, -0.15) is 8.42 Å². The van der Waals surface area contributed by atoms with E-state index in [1.54, 1.807) is 0 Å². The molecule has 0 aliphatic carbocycles. The molecule has 0 fully saturated rings. The highest BCUT2D eigenvalue weighted by Gasteiger charge is 2.29. The Balaban J connectivity index is 4.42. The minimum Gasteiger partial charge on any atom is -0.344 e. The molecule has 0 amide bonds. The summed E-state index contributed by atoms with van der Waals surface area (Å²) in [6.07, 6.45) is 0. The third kappa shape index (κ3) is 4.06. The van der Waals surface area contributed by atoms with Gasteiger partial charge in [0.05, 0.1) is 5.75 Å². The van der Waals surface area contributed by atoms with Crippen molar-refractivity contribution in [1.82, 2.24) is 0 Å². The predicted octanol–water partition coefficient (Wildman–Crippen LogP) is 1.05. The van der Waals surface area contributed by atoms with Crippen LogP contribution in [0.3, 0.4) is 0 Å². The lowest BCUT2D eigenvalue weighted by Gasteiger charge is -2.13. The largest absolute Gasteiger partial charge is 0.344 e. The van der Waals surface area contributed by atoms with Crippen LogP contribution in [-0.2, 0) is 19.1 Å². The summed E-state index contributed by atoms with van der Waals surface area (Å²) in [5.41, 5.74) is 0. The zero-order valence-corrected chi connectivity index (χ0v) is 9.53. The van der Waals surface area contributed by atoms with Crippen molar-refractivity contribution in [3.63, 3.8) is 0 Å². The van der Waals surface area contributed by atoms with Crippen LogP contribution in [0.15, 0.2) is 0 Å². The molecule has 0 aliphatic rings. The van der Waals surface area contributed by atoms with E-state index in [0.29, 0.717) is 0 Å². The van der Waals surface area contributed by atoms with Crippen molar-refractivity contribution in [3.8, 4) is 0 Å². The number of halogens is 1. The molecule has 0 spiro atoms. The van der Waals surface area contributed by atoms with E-state index >= 15 is 0 Å². The average molecular weight is 259 g/mol. The lowest BCUT2D eigenvalue weighted by molar-refractivity contribution is -0.135. The summed E-state index contributed by atoms with van der Waals surface area (Å²) in [6, 6.07) is 0. The molecule has 0 atom stereocenters. The van der Waals surface area contributed by atoms with Crippen LogP contribution in [0.1, 0.15) is 20.8 Å². The van der Waals surface area contributed by atoms with Crippen molar-refractivity contribution < 1.29 is 17.4 Å². The summed E-state index contributed by atoms with van der Waals surface area (Å²) in [6.45, 7) is 4.44. The Bertz CT molecular complexity index is 262.